The lowest BCUT2D eigenvalue weighted by Crippen LogP contribution is -2.32. The molecule has 2 rings (SSSR count). The number of nitrogens with one attached hydrogen (secondary N) is 2. The summed E-state index contributed by atoms with van der Waals surface area (Å²) in [6, 6.07) is 7.53. The van der Waals surface area contributed by atoms with E-state index in [1.807, 2.05) is 24.3 Å². The van der Waals surface area contributed by atoms with Crippen molar-refractivity contribution in [2.75, 3.05) is 39.7 Å². The van der Waals surface area contributed by atoms with E-state index in [4.69, 9.17) is 18.6 Å². The molecule has 0 fully saturated rings. The zero-order chi connectivity index (χ0) is 18.8. The van der Waals surface area contributed by atoms with E-state index in [0.29, 0.717) is 29.8 Å². The maximum absolute atomic E-state index is 5.39. The zero-order valence-corrected chi connectivity index (χ0v) is 18.5. The molecule has 0 saturated heterocycles. The number of nitrogens with zero attached hydrogens (tertiary/aromatic N) is 1. The first-order valence-corrected chi connectivity index (χ1v) is 8.59. The Morgan fingerprint density at radius 1 is 1.11 bits per heavy atom. The fourth-order valence-corrected chi connectivity index (χ4v) is 2.41. The van der Waals surface area contributed by atoms with Crippen molar-refractivity contribution in [2.45, 2.75) is 19.8 Å². The lowest BCUT2D eigenvalue weighted by molar-refractivity contribution is 0.324. The van der Waals surface area contributed by atoms with Crippen LogP contribution in [0.2, 0.25) is 0 Å². The van der Waals surface area contributed by atoms with E-state index >= 15 is 0 Å². The first kappa shape index (κ1) is 22.9. The number of halogens is 1. The van der Waals surface area contributed by atoms with Crippen LogP contribution in [0, 0.1) is 0 Å². The van der Waals surface area contributed by atoms with Crippen molar-refractivity contribution in [3.8, 4) is 17.2 Å². The molecule has 1 aromatic heterocycles. The van der Waals surface area contributed by atoms with Gasteiger partial charge in [0.2, 0.25) is 5.75 Å². The predicted molar refractivity (Wildman–Crippen MR) is 118 cm³/mol. The molecule has 8 heteroatoms. The van der Waals surface area contributed by atoms with E-state index in [9.17, 15) is 0 Å². The first-order chi connectivity index (χ1) is 12.7. The topological polar surface area (TPSA) is 77.3 Å². The number of methoxy groups -OCH3 is 3. The van der Waals surface area contributed by atoms with E-state index in [1.54, 1.807) is 27.6 Å². The summed E-state index contributed by atoms with van der Waals surface area (Å²) in [6.45, 7) is 3.51. The van der Waals surface area contributed by atoms with Crippen molar-refractivity contribution < 1.29 is 18.6 Å². The zero-order valence-electron chi connectivity index (χ0n) is 16.2. The van der Waals surface area contributed by atoms with Gasteiger partial charge in [-0.2, -0.15) is 0 Å². The second-order valence-electron chi connectivity index (χ2n) is 5.53. The highest BCUT2D eigenvalue weighted by Crippen LogP contribution is 2.39. The molecule has 0 aliphatic carbocycles. The third-order valence-electron chi connectivity index (χ3n) is 3.66. The maximum Gasteiger partial charge on any atom is 0.203 e. The van der Waals surface area contributed by atoms with Gasteiger partial charge in [-0.3, -0.25) is 4.99 Å². The predicted octanol–water partition coefficient (Wildman–Crippen LogP) is 3.93. The van der Waals surface area contributed by atoms with Gasteiger partial charge in [0.05, 0.1) is 27.6 Å². The normalized spacial score (nSPS) is 10.7. The van der Waals surface area contributed by atoms with E-state index in [1.165, 1.54) is 0 Å². The summed E-state index contributed by atoms with van der Waals surface area (Å²) in [7, 11) is 4.77. The van der Waals surface area contributed by atoms with Crippen molar-refractivity contribution in [1.82, 2.24) is 5.32 Å². The van der Waals surface area contributed by atoms with Gasteiger partial charge in [0.15, 0.2) is 17.5 Å². The molecule has 1 heterocycles. The smallest absolute Gasteiger partial charge is 0.203 e. The van der Waals surface area contributed by atoms with Gasteiger partial charge in [0.1, 0.15) is 5.76 Å². The van der Waals surface area contributed by atoms with E-state index in [0.717, 1.165) is 30.8 Å². The molecule has 0 atom stereocenters. The molecule has 1 aromatic carbocycles. The Labute approximate surface area is 177 Å². The number of hydrogen-bond acceptors (Lipinski definition) is 5. The van der Waals surface area contributed by atoms with Gasteiger partial charge in [-0.15, -0.1) is 24.0 Å². The number of benzene rings is 1. The lowest BCUT2D eigenvalue weighted by Gasteiger charge is -2.16. The minimum Gasteiger partial charge on any atom is -0.493 e. The number of anilines is 1. The summed E-state index contributed by atoms with van der Waals surface area (Å²) in [4.78, 5) is 4.56. The van der Waals surface area contributed by atoms with Crippen LogP contribution < -0.4 is 24.8 Å². The molecule has 0 amide bonds. The number of aliphatic imine (C=N–C) groups is 1. The number of rotatable bonds is 9. The summed E-state index contributed by atoms with van der Waals surface area (Å²) in [6.07, 6.45) is 3.41. The van der Waals surface area contributed by atoms with Crippen LogP contribution in [0.3, 0.4) is 0 Å². The van der Waals surface area contributed by atoms with Gasteiger partial charge in [0, 0.05) is 37.3 Å². The molecular weight excluding hydrogens is 461 g/mol. The van der Waals surface area contributed by atoms with Crippen LogP contribution >= 0.6 is 24.0 Å². The molecule has 0 bridgehead atoms. The van der Waals surface area contributed by atoms with Gasteiger partial charge in [-0.25, -0.2) is 0 Å². The van der Waals surface area contributed by atoms with Crippen molar-refractivity contribution in [3.05, 3.63) is 36.3 Å². The van der Waals surface area contributed by atoms with Gasteiger partial charge < -0.3 is 29.3 Å². The minimum absolute atomic E-state index is 0. The fourth-order valence-electron chi connectivity index (χ4n) is 2.41. The van der Waals surface area contributed by atoms with Crippen LogP contribution in [0.1, 0.15) is 19.1 Å². The second-order valence-corrected chi connectivity index (χ2v) is 5.53. The molecule has 27 heavy (non-hydrogen) atoms. The molecular formula is C19H28IN3O4. The fraction of sp³-hybridized carbons (Fsp3) is 0.421. The average Bonchev–Trinajstić information content (AvgIpc) is 3.18. The number of ether oxygens (including phenoxy) is 3. The van der Waals surface area contributed by atoms with Gasteiger partial charge in [-0.05, 0) is 18.6 Å². The number of guanidine groups is 1. The van der Waals surface area contributed by atoms with Gasteiger partial charge >= 0.3 is 0 Å². The second kappa shape index (κ2) is 12.3. The third kappa shape index (κ3) is 6.85. The molecule has 7 nitrogen and oxygen atoms in total. The summed E-state index contributed by atoms with van der Waals surface area (Å²) >= 11 is 0. The molecule has 2 N–H and O–H groups in total. The van der Waals surface area contributed by atoms with E-state index in [-0.39, 0.29) is 24.0 Å². The molecule has 0 radical (unpaired) electrons. The summed E-state index contributed by atoms with van der Waals surface area (Å²) < 4.78 is 21.5. The highest BCUT2D eigenvalue weighted by atomic mass is 127. The Bertz CT molecular complexity index is 680. The van der Waals surface area contributed by atoms with Crippen LogP contribution in [-0.4, -0.2) is 40.4 Å². The minimum atomic E-state index is 0. The molecule has 0 unspecified atom stereocenters. The maximum atomic E-state index is 5.39. The summed E-state index contributed by atoms with van der Waals surface area (Å²) in [5, 5.41) is 6.60. The third-order valence-corrected chi connectivity index (χ3v) is 3.66. The number of hydrogen-bond donors (Lipinski definition) is 2. The molecule has 0 aliphatic rings. The Hall–Kier alpha value is -2.10. The largest absolute Gasteiger partial charge is 0.493 e. The monoisotopic (exact) mass is 489 g/mol. The Balaban J connectivity index is 0.00000364. The average molecular weight is 489 g/mol. The standard InChI is InChI=1S/C19H27N3O4.HI/c1-5-9-20-19(21-10-8-15-7-6-11-26-15)22-14-12-16(23-2)18(25-4)17(13-14)24-3;/h6-7,11-13H,5,8-10H2,1-4H3,(H2,20,21,22);1H. The van der Waals surface area contributed by atoms with Crippen LogP contribution in [0.15, 0.2) is 39.9 Å². The highest BCUT2D eigenvalue weighted by Gasteiger charge is 2.14. The van der Waals surface area contributed by atoms with Crippen molar-refractivity contribution >= 4 is 35.6 Å². The Kier molecular flexibility index (Phi) is 10.5. The van der Waals surface area contributed by atoms with E-state index in [2.05, 4.69) is 22.5 Å². The van der Waals surface area contributed by atoms with Crippen molar-refractivity contribution in [2.24, 2.45) is 4.99 Å². The summed E-state index contributed by atoms with van der Waals surface area (Å²) in [5.41, 5.74) is 0.792. The lowest BCUT2D eigenvalue weighted by atomic mass is 10.2. The molecule has 0 aliphatic heterocycles. The number of furan rings is 1. The van der Waals surface area contributed by atoms with Crippen LogP contribution in [0.4, 0.5) is 5.69 Å². The van der Waals surface area contributed by atoms with Gasteiger partial charge in [-0.1, -0.05) is 6.92 Å². The highest BCUT2D eigenvalue weighted by molar-refractivity contribution is 14.0. The Morgan fingerprint density at radius 2 is 1.81 bits per heavy atom. The SMILES string of the molecule is CCCN=C(NCCc1ccco1)Nc1cc(OC)c(OC)c(OC)c1.I. The van der Waals surface area contributed by atoms with Crippen LogP contribution in [0.25, 0.3) is 0 Å². The van der Waals surface area contributed by atoms with E-state index < -0.39 is 0 Å². The molecule has 2 aromatic rings. The van der Waals surface area contributed by atoms with Gasteiger partial charge in [0.25, 0.3) is 0 Å². The molecule has 0 saturated carbocycles. The Morgan fingerprint density at radius 3 is 2.33 bits per heavy atom. The quantitative estimate of drug-likeness (QED) is 0.316. The first-order valence-electron chi connectivity index (χ1n) is 8.59. The van der Waals surface area contributed by atoms with Crippen LogP contribution in [0.5, 0.6) is 17.2 Å². The molecule has 0 spiro atoms. The summed E-state index contributed by atoms with van der Waals surface area (Å²) in [5.74, 6) is 3.34. The van der Waals surface area contributed by atoms with Crippen molar-refractivity contribution in [3.63, 3.8) is 0 Å². The molecule has 150 valence electrons. The van der Waals surface area contributed by atoms with Crippen LogP contribution in [-0.2, 0) is 6.42 Å². The van der Waals surface area contributed by atoms with Crippen molar-refractivity contribution in [1.29, 1.82) is 0 Å².